The van der Waals surface area contributed by atoms with E-state index in [1.165, 1.54) is 4.90 Å². The lowest BCUT2D eigenvalue weighted by atomic mass is 9.80. The van der Waals surface area contributed by atoms with Crippen molar-refractivity contribution in [2.24, 2.45) is 5.41 Å². The first kappa shape index (κ1) is 16.5. The van der Waals surface area contributed by atoms with E-state index in [9.17, 15) is 14.9 Å². The van der Waals surface area contributed by atoms with Crippen molar-refractivity contribution >= 4 is 11.8 Å². The maximum absolute atomic E-state index is 12.7. The number of likely N-dealkylation sites (N-methyl/N-ethyl adjacent to an activating group) is 2. The second kappa shape index (κ2) is 7.88. The summed E-state index contributed by atoms with van der Waals surface area (Å²) in [4.78, 5) is 25.9. The zero-order valence-corrected chi connectivity index (χ0v) is 12.6. The van der Waals surface area contributed by atoms with E-state index in [0.29, 0.717) is 25.9 Å². The first-order valence-corrected chi connectivity index (χ1v) is 7.57. The van der Waals surface area contributed by atoms with Crippen molar-refractivity contribution in [1.29, 1.82) is 5.26 Å². The molecule has 1 aliphatic rings. The average molecular weight is 279 g/mol. The first-order chi connectivity index (χ1) is 9.59. The Labute approximate surface area is 121 Å². The molecule has 0 unspecified atom stereocenters. The van der Waals surface area contributed by atoms with Crippen molar-refractivity contribution < 1.29 is 9.59 Å². The lowest BCUT2D eigenvalue weighted by Gasteiger charge is -2.30. The van der Waals surface area contributed by atoms with Crippen LogP contribution >= 0.6 is 0 Å². The Kier molecular flexibility index (Phi) is 6.50. The second-order valence-electron chi connectivity index (χ2n) is 5.38. The molecule has 0 atom stereocenters. The number of nitriles is 1. The molecule has 2 amide bonds. The molecule has 0 spiro atoms. The molecule has 1 rings (SSSR count). The highest BCUT2D eigenvalue weighted by molar-refractivity contribution is 5.89. The highest BCUT2D eigenvalue weighted by Gasteiger charge is 2.41. The highest BCUT2D eigenvalue weighted by Crippen LogP contribution is 2.36. The van der Waals surface area contributed by atoms with Gasteiger partial charge in [-0.3, -0.25) is 9.59 Å². The molecule has 112 valence electrons. The molecule has 1 saturated carbocycles. The lowest BCUT2D eigenvalue weighted by Crippen LogP contribution is -2.47. The number of nitrogens with one attached hydrogen (secondary N) is 1. The molecule has 0 aromatic rings. The normalized spacial score (nSPS) is 17.6. The van der Waals surface area contributed by atoms with Gasteiger partial charge < -0.3 is 10.2 Å². The molecule has 0 saturated heterocycles. The third-order valence-corrected chi connectivity index (χ3v) is 3.96. The summed E-state index contributed by atoms with van der Waals surface area (Å²) in [6, 6.07) is 2.25. The standard InChI is InChI=1S/C15H25N3O2/c1-3-17-13(19)11-18(4-2)14(20)15(12-16)9-7-5-6-8-10-15/h3-11H2,1-2H3,(H,17,19). The minimum Gasteiger partial charge on any atom is -0.355 e. The first-order valence-electron chi connectivity index (χ1n) is 7.57. The highest BCUT2D eigenvalue weighted by atomic mass is 16.2. The Morgan fingerprint density at radius 2 is 1.80 bits per heavy atom. The minimum absolute atomic E-state index is 0.0482. The van der Waals surface area contributed by atoms with Crippen LogP contribution < -0.4 is 5.32 Å². The third-order valence-electron chi connectivity index (χ3n) is 3.96. The SMILES string of the molecule is CCNC(=O)CN(CC)C(=O)C1(C#N)CCCCCC1. The van der Waals surface area contributed by atoms with Gasteiger partial charge in [-0.15, -0.1) is 0 Å². The van der Waals surface area contributed by atoms with Crippen LogP contribution in [0.2, 0.25) is 0 Å². The quantitative estimate of drug-likeness (QED) is 0.780. The lowest BCUT2D eigenvalue weighted by molar-refractivity contribution is -0.142. The van der Waals surface area contributed by atoms with Crippen LogP contribution in [-0.2, 0) is 9.59 Å². The molecule has 0 aliphatic heterocycles. The number of hydrogen-bond acceptors (Lipinski definition) is 3. The summed E-state index contributed by atoms with van der Waals surface area (Å²) in [5.74, 6) is -0.333. The Balaban J connectivity index is 2.81. The summed E-state index contributed by atoms with van der Waals surface area (Å²) in [6.07, 6.45) is 5.23. The van der Waals surface area contributed by atoms with Crippen molar-refractivity contribution in [3.05, 3.63) is 0 Å². The van der Waals surface area contributed by atoms with Crippen molar-refractivity contribution in [3.63, 3.8) is 0 Å². The summed E-state index contributed by atoms with van der Waals surface area (Å²) in [7, 11) is 0. The molecule has 5 heteroatoms. The van der Waals surface area contributed by atoms with Gasteiger partial charge in [-0.1, -0.05) is 25.7 Å². The van der Waals surface area contributed by atoms with Crippen LogP contribution in [0, 0.1) is 16.7 Å². The molecule has 5 nitrogen and oxygen atoms in total. The number of rotatable bonds is 5. The third kappa shape index (κ3) is 3.96. The Hall–Kier alpha value is -1.57. The molecular weight excluding hydrogens is 254 g/mol. The average Bonchev–Trinajstić information content (AvgIpc) is 2.70. The molecule has 0 aromatic heterocycles. The van der Waals surface area contributed by atoms with Crippen molar-refractivity contribution in [1.82, 2.24) is 10.2 Å². The van der Waals surface area contributed by atoms with Crippen LogP contribution in [0.1, 0.15) is 52.4 Å². The number of amides is 2. The van der Waals surface area contributed by atoms with Gasteiger partial charge in [0.05, 0.1) is 12.6 Å². The summed E-state index contributed by atoms with van der Waals surface area (Å²) in [5, 5.41) is 12.2. The Morgan fingerprint density at radius 3 is 2.25 bits per heavy atom. The zero-order chi connectivity index (χ0) is 15.0. The van der Waals surface area contributed by atoms with E-state index in [1.54, 1.807) is 0 Å². The summed E-state index contributed by atoms with van der Waals surface area (Å²) < 4.78 is 0. The maximum atomic E-state index is 12.7. The van der Waals surface area contributed by atoms with Gasteiger partial charge in [0.25, 0.3) is 0 Å². The fraction of sp³-hybridized carbons (Fsp3) is 0.800. The van der Waals surface area contributed by atoms with Crippen molar-refractivity contribution in [2.75, 3.05) is 19.6 Å². The molecular formula is C15H25N3O2. The second-order valence-corrected chi connectivity index (χ2v) is 5.38. The Bertz CT molecular complexity index is 379. The van der Waals surface area contributed by atoms with Crippen LogP contribution in [0.5, 0.6) is 0 Å². The van der Waals surface area contributed by atoms with E-state index in [4.69, 9.17) is 0 Å². The van der Waals surface area contributed by atoms with Gasteiger partial charge in [0, 0.05) is 13.1 Å². The number of carbonyl (C=O) groups is 2. The molecule has 0 bridgehead atoms. The van der Waals surface area contributed by atoms with Crippen molar-refractivity contribution in [2.45, 2.75) is 52.4 Å². The van der Waals surface area contributed by atoms with Gasteiger partial charge in [0.1, 0.15) is 5.41 Å². The fourth-order valence-corrected chi connectivity index (χ4v) is 2.76. The monoisotopic (exact) mass is 279 g/mol. The number of hydrogen-bond donors (Lipinski definition) is 1. The van der Waals surface area contributed by atoms with Gasteiger partial charge in [-0.2, -0.15) is 5.26 Å². The number of nitrogens with zero attached hydrogens (tertiary/aromatic N) is 2. The van der Waals surface area contributed by atoms with Crippen LogP contribution in [-0.4, -0.2) is 36.3 Å². The Morgan fingerprint density at radius 1 is 1.20 bits per heavy atom. The van der Waals surface area contributed by atoms with Gasteiger partial charge in [0.2, 0.25) is 11.8 Å². The zero-order valence-electron chi connectivity index (χ0n) is 12.6. The summed E-state index contributed by atoms with van der Waals surface area (Å²) >= 11 is 0. The van der Waals surface area contributed by atoms with E-state index in [2.05, 4.69) is 11.4 Å². The maximum Gasteiger partial charge on any atom is 0.243 e. The fourth-order valence-electron chi connectivity index (χ4n) is 2.76. The molecule has 20 heavy (non-hydrogen) atoms. The van der Waals surface area contributed by atoms with Gasteiger partial charge in [-0.05, 0) is 26.7 Å². The van der Waals surface area contributed by atoms with E-state index in [-0.39, 0.29) is 18.4 Å². The molecule has 1 aliphatic carbocycles. The largest absolute Gasteiger partial charge is 0.355 e. The molecule has 0 radical (unpaired) electrons. The van der Waals surface area contributed by atoms with Crippen molar-refractivity contribution in [3.8, 4) is 6.07 Å². The topological polar surface area (TPSA) is 73.2 Å². The molecule has 0 heterocycles. The van der Waals surface area contributed by atoms with Crippen LogP contribution in [0.4, 0.5) is 0 Å². The van der Waals surface area contributed by atoms with Crippen LogP contribution in [0.15, 0.2) is 0 Å². The predicted octanol–water partition coefficient (Wildman–Crippen LogP) is 1.84. The van der Waals surface area contributed by atoms with E-state index < -0.39 is 5.41 Å². The van der Waals surface area contributed by atoms with Gasteiger partial charge in [0.15, 0.2) is 0 Å². The summed E-state index contributed by atoms with van der Waals surface area (Å²) in [5.41, 5.74) is -0.918. The van der Waals surface area contributed by atoms with E-state index >= 15 is 0 Å². The molecule has 1 fully saturated rings. The van der Waals surface area contributed by atoms with E-state index in [0.717, 1.165) is 25.7 Å². The van der Waals surface area contributed by atoms with Crippen LogP contribution in [0.3, 0.4) is 0 Å². The minimum atomic E-state index is -0.918. The van der Waals surface area contributed by atoms with Gasteiger partial charge >= 0.3 is 0 Å². The van der Waals surface area contributed by atoms with Gasteiger partial charge in [-0.25, -0.2) is 0 Å². The number of carbonyl (C=O) groups excluding carboxylic acids is 2. The van der Waals surface area contributed by atoms with E-state index in [1.807, 2.05) is 13.8 Å². The molecule has 0 aromatic carbocycles. The molecule has 1 N–H and O–H groups in total. The summed E-state index contributed by atoms with van der Waals surface area (Å²) in [6.45, 7) is 4.75. The van der Waals surface area contributed by atoms with Crippen LogP contribution in [0.25, 0.3) is 0 Å². The predicted molar refractivity (Wildman–Crippen MR) is 76.7 cm³/mol. The smallest absolute Gasteiger partial charge is 0.243 e.